The van der Waals surface area contributed by atoms with Crippen LogP contribution < -0.4 is 16.5 Å². The number of nitrogens with one attached hydrogen (secondary N) is 2. The Balaban J connectivity index is 1.68. The average Bonchev–Trinajstić information content (AvgIpc) is 2.91. The minimum absolute atomic E-state index is 0.0106. The minimum atomic E-state index is -0.643. The van der Waals surface area contributed by atoms with Crippen LogP contribution in [0.1, 0.15) is 33.6 Å². The Morgan fingerprint density at radius 2 is 1.66 bits per heavy atom. The summed E-state index contributed by atoms with van der Waals surface area (Å²) in [5.74, 6) is -1.12. The fourth-order valence-corrected chi connectivity index (χ4v) is 4.29. The van der Waals surface area contributed by atoms with Gasteiger partial charge in [0.05, 0.1) is 31.9 Å². The van der Waals surface area contributed by atoms with Crippen LogP contribution in [-0.2, 0) is 14.3 Å². The van der Waals surface area contributed by atoms with E-state index in [-0.39, 0.29) is 5.84 Å². The topological polar surface area (TPSA) is 119 Å². The molecule has 0 bridgehead atoms. The molecule has 1 aliphatic heterocycles. The molecular formula is C26H21N3O6. The lowest BCUT2D eigenvalue weighted by atomic mass is 9.90. The van der Waals surface area contributed by atoms with E-state index in [1.165, 1.54) is 20.3 Å². The molecule has 0 radical (unpaired) electrons. The molecule has 5 rings (SSSR count). The second-order valence-electron chi connectivity index (χ2n) is 7.96. The Bertz CT molecular complexity index is 1540. The highest BCUT2D eigenvalue weighted by Crippen LogP contribution is 2.38. The first kappa shape index (κ1) is 22.3. The number of carbonyl (C=O) groups is 2. The number of benzene rings is 3. The van der Waals surface area contributed by atoms with Gasteiger partial charge in [-0.2, -0.15) is 0 Å². The second-order valence-corrected chi connectivity index (χ2v) is 7.96. The molecule has 0 saturated heterocycles. The second kappa shape index (κ2) is 9.03. The number of aliphatic imine (C=N–C) groups is 1. The molecule has 1 aliphatic rings. The van der Waals surface area contributed by atoms with E-state index in [2.05, 4.69) is 15.8 Å². The molecule has 0 amide bonds. The summed E-state index contributed by atoms with van der Waals surface area (Å²) >= 11 is 0. The predicted molar refractivity (Wildman–Crippen MR) is 129 cm³/mol. The number of amidine groups is 1. The summed E-state index contributed by atoms with van der Waals surface area (Å²) in [7, 11) is 2.57. The van der Waals surface area contributed by atoms with Crippen LogP contribution in [0.15, 0.2) is 80.9 Å². The van der Waals surface area contributed by atoms with Crippen molar-refractivity contribution in [3.8, 4) is 0 Å². The van der Waals surface area contributed by atoms with Gasteiger partial charge in [0.25, 0.3) is 0 Å². The Morgan fingerprint density at radius 3 is 2.40 bits per heavy atom. The summed E-state index contributed by atoms with van der Waals surface area (Å²) in [4.78, 5) is 41.3. The lowest BCUT2D eigenvalue weighted by Crippen LogP contribution is -2.49. The van der Waals surface area contributed by atoms with E-state index < -0.39 is 29.6 Å². The molecular weight excluding hydrogens is 450 g/mol. The molecule has 9 nitrogen and oxygen atoms in total. The van der Waals surface area contributed by atoms with Gasteiger partial charge in [-0.25, -0.2) is 19.8 Å². The molecule has 1 aromatic heterocycles. The van der Waals surface area contributed by atoms with Crippen LogP contribution in [0.3, 0.4) is 0 Å². The molecule has 35 heavy (non-hydrogen) atoms. The molecule has 3 aromatic carbocycles. The molecule has 2 N–H and O–H groups in total. The van der Waals surface area contributed by atoms with Crippen LogP contribution in [0.2, 0.25) is 0 Å². The van der Waals surface area contributed by atoms with E-state index in [0.717, 1.165) is 16.2 Å². The molecule has 2 heterocycles. The third-order valence-corrected chi connectivity index (χ3v) is 5.98. The maximum absolute atomic E-state index is 12.6. The van der Waals surface area contributed by atoms with Gasteiger partial charge in [-0.05, 0) is 28.6 Å². The van der Waals surface area contributed by atoms with Crippen molar-refractivity contribution in [2.24, 2.45) is 4.99 Å². The Morgan fingerprint density at radius 1 is 0.914 bits per heavy atom. The van der Waals surface area contributed by atoms with Gasteiger partial charge in [0.1, 0.15) is 5.58 Å². The fourth-order valence-electron chi connectivity index (χ4n) is 4.29. The van der Waals surface area contributed by atoms with Gasteiger partial charge in [0.15, 0.2) is 0 Å². The number of hydrogen-bond donors (Lipinski definition) is 2. The van der Waals surface area contributed by atoms with Crippen LogP contribution >= 0.6 is 0 Å². The van der Waals surface area contributed by atoms with Crippen molar-refractivity contribution >= 4 is 39.5 Å². The van der Waals surface area contributed by atoms with Crippen molar-refractivity contribution in [2.45, 2.75) is 12.1 Å². The van der Waals surface area contributed by atoms with E-state index in [0.29, 0.717) is 22.3 Å². The van der Waals surface area contributed by atoms with Gasteiger partial charge in [0, 0.05) is 16.8 Å². The van der Waals surface area contributed by atoms with Gasteiger partial charge in [0.2, 0.25) is 5.84 Å². The number of nitrogens with zero attached hydrogens (tertiary/aromatic N) is 1. The normalized spacial score (nSPS) is 17.5. The molecule has 2 atom stereocenters. The molecule has 0 unspecified atom stereocenters. The lowest BCUT2D eigenvalue weighted by Gasteiger charge is -2.32. The largest absolute Gasteiger partial charge is 0.465 e. The molecule has 0 saturated carbocycles. The maximum Gasteiger partial charge on any atom is 0.374 e. The average molecular weight is 471 g/mol. The quantitative estimate of drug-likeness (QED) is 0.265. The standard InChI is InChI=1S/C26H21N3O6/c1-33-25(31)16-9-7-15(8-10-16)21-22(28-29-24(27-21)26(32)34-2)19-13-20(30)35-23-17-6-4-3-5-14(17)11-12-18(19)23/h3-13,21-22,28H,1-2H3,(H,27,29)/t21-,22-/m1/s1. The Labute approximate surface area is 199 Å². The minimum Gasteiger partial charge on any atom is -0.465 e. The summed E-state index contributed by atoms with van der Waals surface area (Å²) in [6, 6.07) is 18.4. The summed E-state index contributed by atoms with van der Waals surface area (Å²) in [6.45, 7) is 0. The summed E-state index contributed by atoms with van der Waals surface area (Å²) in [6.07, 6.45) is 0. The van der Waals surface area contributed by atoms with Crippen molar-refractivity contribution in [3.05, 3.63) is 93.8 Å². The molecule has 0 fully saturated rings. The number of rotatable bonds is 4. The van der Waals surface area contributed by atoms with E-state index >= 15 is 0 Å². The van der Waals surface area contributed by atoms with Crippen LogP contribution in [0.25, 0.3) is 21.7 Å². The van der Waals surface area contributed by atoms with Crippen LogP contribution in [0.5, 0.6) is 0 Å². The fraction of sp³-hybridized carbons (Fsp3) is 0.154. The number of methoxy groups -OCH3 is 2. The molecule has 9 heteroatoms. The van der Waals surface area contributed by atoms with Gasteiger partial charge >= 0.3 is 17.6 Å². The Kier molecular flexibility index (Phi) is 5.76. The van der Waals surface area contributed by atoms with E-state index in [4.69, 9.17) is 13.9 Å². The van der Waals surface area contributed by atoms with E-state index in [1.807, 2.05) is 36.4 Å². The summed E-state index contributed by atoms with van der Waals surface area (Å²) in [5, 5.41) is 2.48. The summed E-state index contributed by atoms with van der Waals surface area (Å²) < 4.78 is 15.2. The molecule has 0 spiro atoms. The van der Waals surface area contributed by atoms with Crippen molar-refractivity contribution in [3.63, 3.8) is 0 Å². The van der Waals surface area contributed by atoms with Gasteiger partial charge in [-0.3, -0.25) is 10.4 Å². The van der Waals surface area contributed by atoms with E-state index in [9.17, 15) is 14.4 Å². The van der Waals surface area contributed by atoms with Crippen molar-refractivity contribution in [2.75, 3.05) is 14.2 Å². The highest BCUT2D eigenvalue weighted by atomic mass is 16.5. The first-order valence-corrected chi connectivity index (χ1v) is 10.8. The SMILES string of the molecule is COC(=O)C1=N[C@H](c2ccc(C(=O)OC)cc2)[C@@H](c2cc(=O)oc3c2ccc2ccccc23)NN1. The molecule has 4 aromatic rings. The maximum atomic E-state index is 12.6. The predicted octanol–water partition coefficient (Wildman–Crippen LogP) is 3.19. The summed E-state index contributed by atoms with van der Waals surface area (Å²) in [5.41, 5.74) is 7.60. The number of hydrogen-bond acceptors (Lipinski definition) is 9. The zero-order valence-electron chi connectivity index (χ0n) is 18.9. The zero-order valence-corrected chi connectivity index (χ0v) is 18.9. The van der Waals surface area contributed by atoms with Gasteiger partial charge < -0.3 is 13.9 Å². The third-order valence-electron chi connectivity index (χ3n) is 5.98. The monoisotopic (exact) mass is 471 g/mol. The van der Waals surface area contributed by atoms with Crippen molar-refractivity contribution in [1.29, 1.82) is 0 Å². The highest BCUT2D eigenvalue weighted by molar-refractivity contribution is 6.35. The number of ether oxygens (including phenoxy) is 2. The zero-order chi connectivity index (χ0) is 24.5. The number of fused-ring (bicyclic) bond motifs is 3. The first-order valence-electron chi connectivity index (χ1n) is 10.8. The van der Waals surface area contributed by atoms with Crippen molar-refractivity contribution in [1.82, 2.24) is 10.9 Å². The van der Waals surface area contributed by atoms with Crippen LogP contribution in [-0.4, -0.2) is 32.0 Å². The van der Waals surface area contributed by atoms with Crippen LogP contribution in [0.4, 0.5) is 0 Å². The van der Waals surface area contributed by atoms with Crippen LogP contribution in [0, 0.1) is 0 Å². The van der Waals surface area contributed by atoms with Gasteiger partial charge in [-0.1, -0.05) is 48.5 Å². The number of hydrazine groups is 1. The number of esters is 2. The van der Waals surface area contributed by atoms with Crippen molar-refractivity contribution < 1.29 is 23.5 Å². The lowest BCUT2D eigenvalue weighted by molar-refractivity contribution is -0.133. The molecule has 0 aliphatic carbocycles. The molecule has 176 valence electrons. The van der Waals surface area contributed by atoms with E-state index in [1.54, 1.807) is 24.3 Å². The smallest absolute Gasteiger partial charge is 0.374 e. The Hall–Kier alpha value is -4.50. The third kappa shape index (κ3) is 4.02. The van der Waals surface area contributed by atoms with Gasteiger partial charge in [-0.15, -0.1) is 0 Å². The number of carbonyl (C=O) groups excluding carboxylic acids is 2. The highest BCUT2D eigenvalue weighted by Gasteiger charge is 2.33. The first-order chi connectivity index (χ1) is 17.0.